The first-order valence-corrected chi connectivity index (χ1v) is 13.9. The second-order valence-electron chi connectivity index (χ2n) is 10.5. The number of aliphatic hydroxyl groups is 1. The lowest BCUT2D eigenvalue weighted by molar-refractivity contribution is -0.142. The van der Waals surface area contributed by atoms with Gasteiger partial charge in [-0.1, -0.05) is 36.4 Å². The van der Waals surface area contributed by atoms with E-state index < -0.39 is 54.5 Å². The Morgan fingerprint density at radius 3 is 1.88 bits per heavy atom. The van der Waals surface area contributed by atoms with E-state index in [1.54, 1.807) is 12.4 Å². The molecular weight excluding hydrogens is 540 g/mol. The molecule has 3 heterocycles. The number of hydrogen-bond acceptors (Lipinski definition) is 6. The zero-order chi connectivity index (χ0) is 29.6. The van der Waals surface area contributed by atoms with Crippen LogP contribution in [0, 0.1) is 0 Å². The van der Waals surface area contributed by atoms with Crippen LogP contribution in [0.5, 0.6) is 0 Å². The SMILES string of the molecule is O=C(O)C(Cc1c[nH]c2ccccc12)NC(=O)C(Cc1c[nH]c2ccccc12)NC(=O)C(CO)NC(=O)C1CCCN1. The van der Waals surface area contributed by atoms with Gasteiger partial charge in [-0.3, -0.25) is 14.4 Å². The molecule has 220 valence electrons. The molecule has 0 radical (unpaired) electrons. The molecule has 1 fully saturated rings. The standard InChI is InChI=1S/C30H34N6O6/c37-16-26(36-27(38)23-10-5-11-31-23)29(40)34-24(12-17-14-32-21-8-3-1-6-19(17)21)28(39)35-25(30(41)42)13-18-15-33-22-9-4-2-7-20(18)22/h1-4,6-9,14-15,23-26,31-33,37H,5,10-13,16H2,(H,34,40)(H,35,39)(H,36,38)(H,41,42). The summed E-state index contributed by atoms with van der Waals surface area (Å²) in [5.41, 5.74) is 3.14. The van der Waals surface area contributed by atoms with Crippen LogP contribution < -0.4 is 21.3 Å². The van der Waals surface area contributed by atoms with Crippen molar-refractivity contribution < 1.29 is 29.4 Å². The highest BCUT2D eigenvalue weighted by atomic mass is 16.4. The van der Waals surface area contributed by atoms with Gasteiger partial charge in [-0.2, -0.15) is 0 Å². The first-order valence-electron chi connectivity index (χ1n) is 13.9. The van der Waals surface area contributed by atoms with Crippen LogP contribution in [-0.2, 0) is 32.0 Å². The Morgan fingerprint density at radius 2 is 1.33 bits per heavy atom. The van der Waals surface area contributed by atoms with E-state index >= 15 is 0 Å². The number of aliphatic carboxylic acids is 1. The summed E-state index contributed by atoms with van der Waals surface area (Å²) in [6.45, 7) is 0.00820. The summed E-state index contributed by atoms with van der Waals surface area (Å²) >= 11 is 0. The number of H-pyrrole nitrogens is 2. The maximum absolute atomic E-state index is 13.6. The van der Waals surface area contributed by atoms with Crippen LogP contribution in [0.25, 0.3) is 21.8 Å². The molecule has 0 spiro atoms. The van der Waals surface area contributed by atoms with Crippen LogP contribution in [-0.4, -0.2) is 81.2 Å². The van der Waals surface area contributed by atoms with Crippen molar-refractivity contribution in [1.29, 1.82) is 0 Å². The topological polar surface area (TPSA) is 188 Å². The summed E-state index contributed by atoms with van der Waals surface area (Å²) < 4.78 is 0. The highest BCUT2D eigenvalue weighted by molar-refractivity contribution is 5.95. The predicted molar refractivity (Wildman–Crippen MR) is 156 cm³/mol. The lowest BCUT2D eigenvalue weighted by Crippen LogP contribution is -2.58. The maximum atomic E-state index is 13.6. The van der Waals surface area contributed by atoms with Gasteiger partial charge >= 0.3 is 5.97 Å². The molecule has 4 atom stereocenters. The van der Waals surface area contributed by atoms with E-state index in [0.717, 1.165) is 39.4 Å². The summed E-state index contributed by atoms with van der Waals surface area (Å²) in [6, 6.07) is 10.7. The molecule has 1 saturated heterocycles. The number of fused-ring (bicyclic) bond motifs is 2. The number of aromatic nitrogens is 2. The van der Waals surface area contributed by atoms with Gasteiger partial charge < -0.3 is 41.4 Å². The van der Waals surface area contributed by atoms with Crippen molar-refractivity contribution in [1.82, 2.24) is 31.2 Å². The van der Waals surface area contributed by atoms with Gasteiger partial charge in [-0.25, -0.2) is 4.79 Å². The van der Waals surface area contributed by atoms with E-state index in [2.05, 4.69) is 31.2 Å². The summed E-state index contributed by atoms with van der Waals surface area (Å²) in [7, 11) is 0. The molecule has 0 saturated carbocycles. The van der Waals surface area contributed by atoms with Crippen LogP contribution >= 0.6 is 0 Å². The third-order valence-electron chi connectivity index (χ3n) is 7.64. The zero-order valence-electron chi connectivity index (χ0n) is 22.9. The Balaban J connectivity index is 1.35. The fourth-order valence-corrected chi connectivity index (χ4v) is 5.37. The number of aliphatic hydroxyl groups excluding tert-OH is 1. The third kappa shape index (κ3) is 6.45. The summed E-state index contributed by atoms with van der Waals surface area (Å²) in [6.07, 6.45) is 4.94. The smallest absolute Gasteiger partial charge is 0.326 e. The molecule has 4 unspecified atom stereocenters. The molecule has 5 rings (SSSR count). The zero-order valence-corrected chi connectivity index (χ0v) is 22.9. The molecule has 8 N–H and O–H groups in total. The van der Waals surface area contributed by atoms with Crippen LogP contribution in [0.4, 0.5) is 0 Å². The number of nitrogens with one attached hydrogen (secondary N) is 6. The molecule has 4 aromatic rings. The van der Waals surface area contributed by atoms with Gasteiger partial charge in [0.1, 0.15) is 18.1 Å². The molecule has 1 aliphatic rings. The lowest BCUT2D eigenvalue weighted by Gasteiger charge is -2.24. The fraction of sp³-hybridized carbons (Fsp3) is 0.333. The lowest BCUT2D eigenvalue weighted by atomic mass is 10.0. The Bertz CT molecular complexity index is 1590. The minimum atomic E-state index is -1.29. The number of hydrogen-bond donors (Lipinski definition) is 8. The number of carboxylic acids is 1. The molecule has 1 aliphatic heterocycles. The van der Waals surface area contributed by atoms with E-state index in [0.29, 0.717) is 13.0 Å². The van der Waals surface area contributed by atoms with Crippen molar-refractivity contribution in [3.63, 3.8) is 0 Å². The van der Waals surface area contributed by atoms with E-state index in [1.165, 1.54) is 0 Å². The normalized spacial score (nSPS) is 17.0. The van der Waals surface area contributed by atoms with Crippen LogP contribution in [0.2, 0.25) is 0 Å². The number of rotatable bonds is 12. The molecule has 12 heteroatoms. The number of para-hydroxylation sites is 2. The Hall–Kier alpha value is -4.68. The molecule has 0 bridgehead atoms. The van der Waals surface area contributed by atoms with Gasteiger partial charge in [0.25, 0.3) is 0 Å². The van der Waals surface area contributed by atoms with Crippen LogP contribution in [0.15, 0.2) is 60.9 Å². The van der Waals surface area contributed by atoms with Crippen molar-refractivity contribution in [2.45, 2.75) is 49.9 Å². The first-order chi connectivity index (χ1) is 20.3. The molecule has 3 amide bonds. The Morgan fingerprint density at radius 1 is 0.786 bits per heavy atom. The fourth-order valence-electron chi connectivity index (χ4n) is 5.37. The minimum absolute atomic E-state index is 0.0164. The van der Waals surface area contributed by atoms with Gasteiger partial charge in [0.2, 0.25) is 17.7 Å². The Labute approximate surface area is 241 Å². The van der Waals surface area contributed by atoms with E-state index in [-0.39, 0.29) is 12.8 Å². The second-order valence-corrected chi connectivity index (χ2v) is 10.5. The average molecular weight is 575 g/mol. The predicted octanol–water partition coefficient (Wildman–Crippen LogP) is 0.718. The van der Waals surface area contributed by atoms with Gasteiger partial charge in [-0.15, -0.1) is 0 Å². The number of benzene rings is 2. The molecule has 12 nitrogen and oxygen atoms in total. The minimum Gasteiger partial charge on any atom is -0.480 e. The number of carbonyl (C=O) groups excluding carboxylic acids is 3. The third-order valence-corrected chi connectivity index (χ3v) is 7.64. The maximum Gasteiger partial charge on any atom is 0.326 e. The van der Waals surface area contributed by atoms with Crippen LogP contribution in [0.1, 0.15) is 24.0 Å². The van der Waals surface area contributed by atoms with Crippen molar-refractivity contribution in [3.8, 4) is 0 Å². The molecule has 0 aliphatic carbocycles. The average Bonchev–Trinajstić information content (AvgIpc) is 3.76. The Kier molecular flexibility index (Phi) is 8.84. The van der Waals surface area contributed by atoms with Crippen LogP contribution in [0.3, 0.4) is 0 Å². The van der Waals surface area contributed by atoms with Crippen molar-refractivity contribution in [3.05, 3.63) is 72.1 Å². The van der Waals surface area contributed by atoms with E-state index in [9.17, 15) is 29.4 Å². The summed E-state index contributed by atoms with van der Waals surface area (Å²) in [4.78, 5) is 57.9. The number of amides is 3. The molecular formula is C30H34N6O6. The second kappa shape index (κ2) is 12.9. The highest BCUT2D eigenvalue weighted by Gasteiger charge is 2.32. The first kappa shape index (κ1) is 28.8. The van der Waals surface area contributed by atoms with Crippen molar-refractivity contribution >= 4 is 45.5 Å². The van der Waals surface area contributed by atoms with Crippen molar-refractivity contribution in [2.75, 3.05) is 13.2 Å². The van der Waals surface area contributed by atoms with E-state index in [1.807, 2.05) is 48.5 Å². The molecule has 2 aromatic carbocycles. The quantitative estimate of drug-likeness (QED) is 0.122. The largest absolute Gasteiger partial charge is 0.480 e. The number of carbonyl (C=O) groups is 4. The number of carboxylic acid groups (broad SMARTS) is 1. The van der Waals surface area contributed by atoms with Gasteiger partial charge in [-0.05, 0) is 42.6 Å². The summed E-state index contributed by atoms with van der Waals surface area (Å²) in [5.74, 6) is -3.10. The van der Waals surface area contributed by atoms with Crippen molar-refractivity contribution in [2.24, 2.45) is 0 Å². The molecule has 2 aromatic heterocycles. The molecule has 42 heavy (non-hydrogen) atoms. The van der Waals surface area contributed by atoms with Gasteiger partial charge in [0, 0.05) is 47.0 Å². The monoisotopic (exact) mass is 574 g/mol. The number of aromatic amines is 2. The highest BCUT2D eigenvalue weighted by Crippen LogP contribution is 2.21. The van der Waals surface area contributed by atoms with E-state index in [4.69, 9.17) is 0 Å². The van der Waals surface area contributed by atoms with Gasteiger partial charge in [0.15, 0.2) is 0 Å². The summed E-state index contributed by atoms with van der Waals surface area (Å²) in [5, 5.41) is 32.4. The van der Waals surface area contributed by atoms with Gasteiger partial charge in [0.05, 0.1) is 12.6 Å².